The van der Waals surface area contributed by atoms with E-state index in [9.17, 15) is 60.0 Å². The molecule has 360 valence electrons. The molecule has 2 saturated heterocycles. The van der Waals surface area contributed by atoms with Gasteiger partial charge in [-0.05, 0) is 27.7 Å². The molecule has 0 aromatic rings. The van der Waals surface area contributed by atoms with Gasteiger partial charge < -0.3 is 93.0 Å². The average molecular weight is 911 g/mol. The van der Waals surface area contributed by atoms with Crippen molar-refractivity contribution in [1.29, 1.82) is 0 Å². The summed E-state index contributed by atoms with van der Waals surface area (Å²) in [5.41, 5.74) is 0.169. The first-order valence-electron chi connectivity index (χ1n) is 19.6. The molecule has 0 aliphatic carbocycles. The van der Waals surface area contributed by atoms with E-state index in [4.69, 9.17) is 52.1 Å². The molecule has 0 aromatic carbocycles. The zero-order chi connectivity index (χ0) is 47.6. The monoisotopic (exact) mass is 910 g/mol. The maximum Gasteiger partial charge on any atom is 0.333 e. The van der Waals surface area contributed by atoms with Gasteiger partial charge in [0.25, 0.3) is 0 Å². The van der Waals surface area contributed by atoms with Gasteiger partial charge in [-0.1, -0.05) is 26.3 Å². The first kappa shape index (κ1) is 55.4. The van der Waals surface area contributed by atoms with Crippen molar-refractivity contribution < 1.29 is 112 Å². The first-order chi connectivity index (χ1) is 29.6. The topological polar surface area (TPSA) is 332 Å². The van der Waals surface area contributed by atoms with Crippen LogP contribution in [0.5, 0.6) is 0 Å². The molecule has 0 spiro atoms. The lowest BCUT2D eigenvalue weighted by Gasteiger charge is -2.49. The van der Waals surface area contributed by atoms with Crippen molar-refractivity contribution in [3.05, 3.63) is 48.6 Å². The summed E-state index contributed by atoms with van der Waals surface area (Å²) in [7, 11) is 0. The van der Waals surface area contributed by atoms with Crippen molar-refractivity contribution in [3.8, 4) is 0 Å². The van der Waals surface area contributed by atoms with E-state index in [-0.39, 0.29) is 22.3 Å². The molecule has 2 heterocycles. The SMILES string of the molecule is C=C(C)C(=O)OCC(O)CO[C@@H]1[C@@H](OCC(O)COC(=O)C(=C)C)[C@H](O)O[C@H](CO)[C@H]1O[C@H]1O[C@H](CO)[C@@H](O)[C@H](OCC(O)COC(=O)C(=C)C)[C@H]1OCC(O)COC(=O)C(=C)C. The number of hydrogen-bond acceptors (Lipinski definition) is 23. The van der Waals surface area contributed by atoms with Crippen molar-refractivity contribution in [2.24, 2.45) is 0 Å². The van der Waals surface area contributed by atoms with Crippen LogP contribution in [-0.2, 0) is 71.3 Å². The van der Waals surface area contributed by atoms with E-state index in [1.807, 2.05) is 0 Å². The fourth-order valence-electron chi connectivity index (χ4n) is 5.51. The molecule has 2 fully saturated rings. The highest BCUT2D eigenvalue weighted by Crippen LogP contribution is 2.33. The molecule has 63 heavy (non-hydrogen) atoms. The van der Waals surface area contributed by atoms with Crippen molar-refractivity contribution in [2.75, 3.05) is 66.1 Å². The summed E-state index contributed by atoms with van der Waals surface area (Å²) < 4.78 is 61.2. The predicted octanol–water partition coefficient (Wildman–Crippen LogP) is -3.38. The molecule has 14 atom stereocenters. The summed E-state index contributed by atoms with van der Waals surface area (Å²) in [6.45, 7) is 12.7. The second-order valence-electron chi connectivity index (χ2n) is 14.9. The highest BCUT2D eigenvalue weighted by Gasteiger charge is 2.53. The molecule has 8 N–H and O–H groups in total. The second kappa shape index (κ2) is 27.5. The molecular formula is C40H62O23. The number of rotatable bonds is 28. The third-order valence-electron chi connectivity index (χ3n) is 8.82. The molecule has 0 amide bonds. The molecular weight excluding hydrogens is 848 g/mol. The van der Waals surface area contributed by atoms with Crippen LogP contribution in [0, 0.1) is 0 Å². The Morgan fingerprint density at radius 1 is 0.476 bits per heavy atom. The van der Waals surface area contributed by atoms with Crippen LogP contribution in [0.15, 0.2) is 48.6 Å². The zero-order valence-electron chi connectivity index (χ0n) is 35.7. The minimum Gasteiger partial charge on any atom is -0.460 e. The highest BCUT2D eigenvalue weighted by atomic mass is 16.7. The Morgan fingerprint density at radius 2 is 0.810 bits per heavy atom. The van der Waals surface area contributed by atoms with Crippen molar-refractivity contribution in [2.45, 2.75) is 114 Å². The summed E-state index contributed by atoms with van der Waals surface area (Å²) in [5.74, 6) is -3.26. The molecule has 2 aliphatic heterocycles. The quantitative estimate of drug-likeness (QED) is 0.0216. The third kappa shape index (κ3) is 18.3. The Labute approximate surface area is 363 Å². The second-order valence-corrected chi connectivity index (χ2v) is 14.9. The summed E-state index contributed by atoms with van der Waals surface area (Å²) in [5, 5.41) is 85.7. The van der Waals surface area contributed by atoms with Gasteiger partial charge in [0, 0.05) is 22.3 Å². The lowest BCUT2D eigenvalue weighted by Crippen LogP contribution is -2.66. The van der Waals surface area contributed by atoms with E-state index in [1.165, 1.54) is 27.7 Å². The highest BCUT2D eigenvalue weighted by molar-refractivity contribution is 5.88. The van der Waals surface area contributed by atoms with E-state index in [0.717, 1.165) is 0 Å². The van der Waals surface area contributed by atoms with Crippen LogP contribution in [-0.4, -0.2) is 217 Å². The van der Waals surface area contributed by atoms with Crippen LogP contribution in [0.4, 0.5) is 0 Å². The van der Waals surface area contributed by atoms with Crippen LogP contribution >= 0.6 is 0 Å². The minimum absolute atomic E-state index is 0.0369. The van der Waals surface area contributed by atoms with Crippen molar-refractivity contribution in [1.82, 2.24) is 0 Å². The lowest BCUT2D eigenvalue weighted by molar-refractivity contribution is -0.370. The molecule has 4 unspecified atom stereocenters. The molecule has 0 radical (unpaired) electrons. The van der Waals surface area contributed by atoms with Crippen LogP contribution in [0.2, 0.25) is 0 Å². The van der Waals surface area contributed by atoms with Crippen LogP contribution in [0.25, 0.3) is 0 Å². The molecule has 2 rings (SSSR count). The molecule has 0 bridgehead atoms. The summed E-state index contributed by atoms with van der Waals surface area (Å²) in [6.07, 6.45) is -22.7. The standard InChI is InChI=1S/C40H62O23/c1-19(2)35(48)57-15-23(43)11-53-31-29(47)27(9-41)62-40(34(31)56-14-26(46)18-60-38(51)22(7)8)63-30-28(10-42)61-39(52)33(55-13-25(45)17-59-37(50)21(5)6)32(30)54-12-24(44)16-58-36(49)20(3)4/h23-34,39-47,52H,1,3,5,7,9-18H2,2,4,6,8H3/t23?,24?,25?,26?,27-,28-,29-,30-,31+,32+,33-,34-,39-,40-/m1/s1. The third-order valence-corrected chi connectivity index (χ3v) is 8.82. The summed E-state index contributed by atoms with van der Waals surface area (Å²) >= 11 is 0. The van der Waals surface area contributed by atoms with Gasteiger partial charge in [-0.3, -0.25) is 0 Å². The number of ether oxygens (including phenoxy) is 11. The van der Waals surface area contributed by atoms with Gasteiger partial charge in [-0.15, -0.1) is 0 Å². The van der Waals surface area contributed by atoms with Gasteiger partial charge in [0.15, 0.2) is 12.6 Å². The van der Waals surface area contributed by atoms with E-state index >= 15 is 0 Å². The Balaban J connectivity index is 2.54. The predicted molar refractivity (Wildman–Crippen MR) is 211 cm³/mol. The average Bonchev–Trinajstić information content (AvgIpc) is 3.23. The number of aliphatic hydroxyl groups excluding tert-OH is 8. The number of aliphatic hydroxyl groups is 8. The maximum atomic E-state index is 12.0. The fraction of sp³-hybridized carbons (Fsp3) is 0.700. The van der Waals surface area contributed by atoms with Crippen LogP contribution < -0.4 is 0 Å². The Bertz CT molecular complexity index is 1540. The first-order valence-corrected chi connectivity index (χ1v) is 19.6. The van der Waals surface area contributed by atoms with Crippen LogP contribution in [0.1, 0.15) is 27.7 Å². The molecule has 23 nitrogen and oxygen atoms in total. The van der Waals surface area contributed by atoms with Crippen LogP contribution in [0.3, 0.4) is 0 Å². The van der Waals surface area contributed by atoms with Gasteiger partial charge >= 0.3 is 23.9 Å². The number of hydrogen-bond donors (Lipinski definition) is 8. The van der Waals surface area contributed by atoms with E-state index in [0.29, 0.717) is 0 Å². The van der Waals surface area contributed by atoms with Gasteiger partial charge in [0.05, 0.1) is 39.6 Å². The van der Waals surface area contributed by atoms with E-state index in [1.54, 1.807) is 0 Å². The normalized spacial score (nSPS) is 27.8. The van der Waals surface area contributed by atoms with E-state index < -0.39 is 176 Å². The molecule has 23 heteroatoms. The lowest BCUT2D eigenvalue weighted by atomic mass is 9.96. The summed E-state index contributed by atoms with van der Waals surface area (Å²) in [6, 6.07) is 0. The molecule has 0 saturated carbocycles. The van der Waals surface area contributed by atoms with Crippen molar-refractivity contribution in [3.63, 3.8) is 0 Å². The van der Waals surface area contributed by atoms with Gasteiger partial charge in [-0.25, -0.2) is 19.2 Å². The Kier molecular flexibility index (Phi) is 24.2. The Hall–Kier alpha value is -3.76. The molecule has 2 aliphatic rings. The largest absolute Gasteiger partial charge is 0.460 e. The maximum absolute atomic E-state index is 12.0. The fourth-order valence-corrected chi connectivity index (χ4v) is 5.51. The number of carbonyl (C=O) groups is 4. The van der Waals surface area contributed by atoms with Gasteiger partial charge in [0.1, 0.15) is 99.7 Å². The van der Waals surface area contributed by atoms with Crippen molar-refractivity contribution >= 4 is 23.9 Å². The zero-order valence-corrected chi connectivity index (χ0v) is 35.7. The number of esters is 4. The van der Waals surface area contributed by atoms with Gasteiger partial charge in [0.2, 0.25) is 0 Å². The molecule has 0 aromatic heterocycles. The van der Waals surface area contributed by atoms with Gasteiger partial charge in [-0.2, -0.15) is 0 Å². The number of carbonyl (C=O) groups excluding carboxylic acids is 4. The summed E-state index contributed by atoms with van der Waals surface area (Å²) in [4.78, 5) is 47.7. The Morgan fingerprint density at radius 3 is 1.16 bits per heavy atom. The smallest absolute Gasteiger partial charge is 0.333 e. The van der Waals surface area contributed by atoms with E-state index in [2.05, 4.69) is 26.3 Å². The minimum atomic E-state index is -1.93.